The van der Waals surface area contributed by atoms with Gasteiger partial charge in [-0.2, -0.15) is 0 Å². The highest BCUT2D eigenvalue weighted by Crippen LogP contribution is 2.42. The lowest BCUT2D eigenvalue weighted by atomic mass is 9.82. The number of carbonyl (C=O) groups is 2. The summed E-state index contributed by atoms with van der Waals surface area (Å²) >= 11 is 0. The number of aromatic nitrogens is 1. The maximum atomic E-state index is 13.1. The summed E-state index contributed by atoms with van der Waals surface area (Å²) in [6.07, 6.45) is 0.851. The number of anilines is 2. The number of rotatable bonds is 4. The number of fused-ring (bicyclic) bond motifs is 1. The van der Waals surface area contributed by atoms with E-state index in [0.717, 1.165) is 22.8 Å². The average Bonchev–Trinajstić information content (AvgIpc) is 2.78. The van der Waals surface area contributed by atoms with Crippen molar-refractivity contribution >= 4 is 33.2 Å². The van der Waals surface area contributed by atoms with Crippen molar-refractivity contribution in [1.82, 2.24) is 10.3 Å². The number of hydrogen-bond acceptors (Lipinski definition) is 6. The third kappa shape index (κ3) is 4.94. The van der Waals surface area contributed by atoms with Gasteiger partial charge in [0.1, 0.15) is 15.7 Å². The number of sulfone groups is 1. The molecule has 34 heavy (non-hydrogen) atoms. The lowest BCUT2D eigenvalue weighted by Crippen LogP contribution is -2.48. The van der Waals surface area contributed by atoms with Crippen LogP contribution in [-0.2, 0) is 14.6 Å². The van der Waals surface area contributed by atoms with Gasteiger partial charge in [0, 0.05) is 41.9 Å². The van der Waals surface area contributed by atoms with Crippen molar-refractivity contribution < 1.29 is 18.0 Å². The quantitative estimate of drug-likeness (QED) is 0.690. The van der Waals surface area contributed by atoms with Gasteiger partial charge in [-0.3, -0.25) is 9.59 Å². The van der Waals surface area contributed by atoms with Crippen molar-refractivity contribution in [2.45, 2.75) is 58.7 Å². The molecular formula is C25H32N4O4S. The Bertz CT molecular complexity index is 1200. The molecule has 8 nitrogen and oxygen atoms in total. The monoisotopic (exact) mass is 484 g/mol. The molecule has 1 aromatic carbocycles. The van der Waals surface area contributed by atoms with E-state index in [4.69, 9.17) is 0 Å². The zero-order chi connectivity index (χ0) is 24.6. The lowest BCUT2D eigenvalue weighted by Gasteiger charge is -2.44. The van der Waals surface area contributed by atoms with Gasteiger partial charge in [-0.1, -0.05) is 13.0 Å². The van der Waals surface area contributed by atoms with E-state index in [9.17, 15) is 18.0 Å². The van der Waals surface area contributed by atoms with Gasteiger partial charge in [0.25, 0.3) is 5.91 Å². The van der Waals surface area contributed by atoms with Crippen molar-refractivity contribution in [1.29, 1.82) is 0 Å². The SMILES string of the molecule is CC(=O)N1c2ccc(C(=O)NC3CCS(=O)(=O)CC3)cc2C(Nc2cccc(C)n2)[C@@H](C)[C@@H]1C. The van der Waals surface area contributed by atoms with E-state index in [1.165, 1.54) is 0 Å². The van der Waals surface area contributed by atoms with E-state index < -0.39 is 9.84 Å². The van der Waals surface area contributed by atoms with E-state index in [2.05, 4.69) is 22.5 Å². The first-order chi connectivity index (χ1) is 16.1. The van der Waals surface area contributed by atoms with E-state index in [1.807, 2.05) is 44.2 Å². The highest BCUT2D eigenvalue weighted by molar-refractivity contribution is 7.91. The highest BCUT2D eigenvalue weighted by atomic mass is 32.2. The van der Waals surface area contributed by atoms with Crippen LogP contribution in [0.4, 0.5) is 11.5 Å². The molecule has 9 heteroatoms. The zero-order valence-corrected chi connectivity index (χ0v) is 20.9. The molecule has 0 aliphatic carbocycles. The fourth-order valence-electron chi connectivity index (χ4n) is 4.93. The summed E-state index contributed by atoms with van der Waals surface area (Å²) in [5.41, 5.74) is 3.03. The summed E-state index contributed by atoms with van der Waals surface area (Å²) in [5, 5.41) is 6.52. The predicted octanol–water partition coefficient (Wildman–Crippen LogP) is 3.24. The average molecular weight is 485 g/mol. The van der Waals surface area contributed by atoms with Gasteiger partial charge in [-0.25, -0.2) is 13.4 Å². The molecule has 3 atom stereocenters. The second-order valence-corrected chi connectivity index (χ2v) is 11.8. The molecule has 4 rings (SSSR count). The van der Waals surface area contributed by atoms with Gasteiger partial charge in [0.15, 0.2) is 0 Å². The molecule has 0 spiro atoms. The molecule has 1 fully saturated rings. The summed E-state index contributed by atoms with van der Waals surface area (Å²) in [7, 11) is -3.00. The third-order valence-corrected chi connectivity index (χ3v) is 8.71. The molecule has 2 aliphatic heterocycles. The van der Waals surface area contributed by atoms with Crippen LogP contribution in [-0.4, -0.2) is 48.8 Å². The van der Waals surface area contributed by atoms with Crippen LogP contribution in [0.1, 0.15) is 61.3 Å². The smallest absolute Gasteiger partial charge is 0.251 e. The first kappa shape index (κ1) is 24.2. The molecular weight excluding hydrogens is 452 g/mol. The molecule has 3 heterocycles. The van der Waals surface area contributed by atoms with E-state index in [0.29, 0.717) is 18.4 Å². The molecule has 0 saturated carbocycles. The number of hydrogen-bond donors (Lipinski definition) is 2. The Morgan fingerprint density at radius 2 is 1.79 bits per heavy atom. The predicted molar refractivity (Wildman–Crippen MR) is 133 cm³/mol. The normalized spacial score (nSPS) is 24.2. The first-order valence-corrected chi connectivity index (χ1v) is 13.5. The number of amides is 2. The van der Waals surface area contributed by atoms with Gasteiger partial charge in [0.2, 0.25) is 5.91 Å². The van der Waals surface area contributed by atoms with Gasteiger partial charge in [-0.05, 0) is 62.6 Å². The summed E-state index contributed by atoms with van der Waals surface area (Å²) in [6.45, 7) is 7.61. The van der Waals surface area contributed by atoms with E-state index >= 15 is 0 Å². The molecule has 1 unspecified atom stereocenters. The zero-order valence-electron chi connectivity index (χ0n) is 20.0. The Labute approximate surface area is 201 Å². The minimum Gasteiger partial charge on any atom is -0.363 e. The maximum absolute atomic E-state index is 13.1. The first-order valence-electron chi connectivity index (χ1n) is 11.7. The molecule has 182 valence electrons. The number of aryl methyl sites for hydroxylation is 1. The van der Waals surface area contributed by atoms with Crippen LogP contribution in [0.3, 0.4) is 0 Å². The molecule has 2 aliphatic rings. The minimum absolute atomic E-state index is 0.0452. The van der Waals surface area contributed by atoms with Crippen LogP contribution in [0.2, 0.25) is 0 Å². The standard InChI is InChI=1S/C25H32N4O4S/c1-15-6-5-7-23(26-15)28-24-16(2)17(3)29(18(4)30)22-9-8-19(14-21(22)24)25(31)27-20-10-12-34(32,33)13-11-20/h5-9,14,16-17,20,24H,10-13H2,1-4H3,(H,26,28)(H,27,31)/t16-,17-,24?/m0/s1. The summed E-state index contributed by atoms with van der Waals surface area (Å²) in [4.78, 5) is 32.0. The second kappa shape index (κ2) is 9.37. The van der Waals surface area contributed by atoms with Crippen LogP contribution in [0.5, 0.6) is 0 Å². The van der Waals surface area contributed by atoms with Crippen molar-refractivity contribution in [2.75, 3.05) is 21.7 Å². The van der Waals surface area contributed by atoms with Gasteiger partial charge in [0.05, 0.1) is 17.5 Å². The minimum atomic E-state index is -3.00. The summed E-state index contributed by atoms with van der Waals surface area (Å²) < 4.78 is 23.4. The van der Waals surface area contributed by atoms with Crippen molar-refractivity contribution in [2.24, 2.45) is 5.92 Å². The number of nitrogens with one attached hydrogen (secondary N) is 2. The van der Waals surface area contributed by atoms with Gasteiger partial charge < -0.3 is 15.5 Å². The van der Waals surface area contributed by atoms with E-state index in [1.54, 1.807) is 17.9 Å². The summed E-state index contributed by atoms with van der Waals surface area (Å²) in [6, 6.07) is 10.8. The van der Waals surface area contributed by atoms with Crippen LogP contribution >= 0.6 is 0 Å². The Hall–Kier alpha value is -2.94. The Morgan fingerprint density at radius 3 is 2.44 bits per heavy atom. The molecule has 2 amide bonds. The Kier molecular flexibility index (Phi) is 6.66. The van der Waals surface area contributed by atoms with E-state index in [-0.39, 0.29) is 47.4 Å². The van der Waals surface area contributed by atoms with Crippen molar-refractivity contribution in [3.8, 4) is 0 Å². The second-order valence-electron chi connectivity index (χ2n) is 9.45. The maximum Gasteiger partial charge on any atom is 0.251 e. The largest absolute Gasteiger partial charge is 0.363 e. The third-order valence-electron chi connectivity index (χ3n) is 7.00. The van der Waals surface area contributed by atoms with Crippen LogP contribution < -0.4 is 15.5 Å². The number of benzene rings is 1. The number of carbonyl (C=O) groups excluding carboxylic acids is 2. The topological polar surface area (TPSA) is 108 Å². The molecule has 2 N–H and O–H groups in total. The van der Waals surface area contributed by atoms with Crippen molar-refractivity contribution in [3.05, 3.63) is 53.2 Å². The van der Waals surface area contributed by atoms with Gasteiger partial charge >= 0.3 is 0 Å². The van der Waals surface area contributed by atoms with Gasteiger partial charge in [-0.15, -0.1) is 0 Å². The fraction of sp³-hybridized carbons (Fsp3) is 0.480. The van der Waals surface area contributed by atoms with Crippen molar-refractivity contribution in [3.63, 3.8) is 0 Å². The molecule has 2 aromatic rings. The molecule has 0 radical (unpaired) electrons. The Balaban J connectivity index is 1.66. The number of nitrogens with zero attached hydrogens (tertiary/aromatic N) is 2. The number of pyridine rings is 1. The molecule has 0 bridgehead atoms. The Morgan fingerprint density at radius 1 is 1.09 bits per heavy atom. The van der Waals surface area contributed by atoms with Crippen LogP contribution in [0, 0.1) is 12.8 Å². The van der Waals surface area contributed by atoms with Crippen LogP contribution in [0.15, 0.2) is 36.4 Å². The summed E-state index contributed by atoms with van der Waals surface area (Å²) in [5.74, 6) is 0.708. The fourth-order valence-corrected chi connectivity index (χ4v) is 6.42. The highest BCUT2D eigenvalue weighted by Gasteiger charge is 2.38. The molecule has 1 saturated heterocycles. The van der Waals surface area contributed by atoms with Crippen LogP contribution in [0.25, 0.3) is 0 Å². The molecule has 1 aromatic heterocycles. The lowest BCUT2D eigenvalue weighted by molar-refractivity contribution is -0.117.